The molecule has 15 heavy (non-hydrogen) atoms. The van der Waals surface area contributed by atoms with Crippen molar-refractivity contribution in [2.24, 2.45) is 0 Å². The molecule has 1 atom stereocenters. The fraction of sp³-hybridized carbons (Fsp3) is 0.600. The molecule has 5 heteroatoms. The highest BCUT2D eigenvalue weighted by molar-refractivity contribution is 5.92. The van der Waals surface area contributed by atoms with Crippen molar-refractivity contribution in [2.45, 2.75) is 19.4 Å². The number of rotatable bonds is 2. The van der Waals surface area contributed by atoms with E-state index in [0.29, 0.717) is 11.5 Å². The maximum atomic E-state index is 11.9. The van der Waals surface area contributed by atoms with Gasteiger partial charge in [-0.25, -0.2) is 0 Å². The van der Waals surface area contributed by atoms with Gasteiger partial charge in [-0.05, 0) is 19.9 Å². The third-order valence-corrected chi connectivity index (χ3v) is 2.75. The maximum Gasteiger partial charge on any atom is 0.276 e. The van der Waals surface area contributed by atoms with Gasteiger partial charge in [0.2, 0.25) is 0 Å². The van der Waals surface area contributed by atoms with Crippen LogP contribution in [0.1, 0.15) is 22.7 Å². The first-order valence-electron chi connectivity index (χ1n) is 5.09. The van der Waals surface area contributed by atoms with Crippen molar-refractivity contribution in [3.8, 4) is 0 Å². The summed E-state index contributed by atoms with van der Waals surface area (Å²) in [4.78, 5) is 13.7. The van der Waals surface area contributed by atoms with E-state index in [0.717, 1.165) is 19.5 Å². The quantitative estimate of drug-likeness (QED) is 0.766. The molecule has 0 aliphatic carbocycles. The van der Waals surface area contributed by atoms with Crippen molar-refractivity contribution in [3.05, 3.63) is 17.5 Å². The highest BCUT2D eigenvalue weighted by Crippen LogP contribution is 2.11. The Bertz CT molecular complexity index is 355. The molecule has 0 aromatic carbocycles. The van der Waals surface area contributed by atoms with E-state index in [2.05, 4.69) is 10.5 Å². The minimum Gasteiger partial charge on any atom is -0.361 e. The monoisotopic (exact) mass is 209 g/mol. The second-order valence-electron chi connectivity index (χ2n) is 3.89. The van der Waals surface area contributed by atoms with Crippen LogP contribution in [-0.4, -0.2) is 42.1 Å². The minimum atomic E-state index is -0.0689. The molecular weight excluding hydrogens is 194 g/mol. The van der Waals surface area contributed by atoms with E-state index in [1.165, 1.54) is 0 Å². The number of aryl methyl sites for hydroxylation is 1. The molecule has 0 radical (unpaired) electrons. The van der Waals surface area contributed by atoms with Crippen LogP contribution in [-0.2, 0) is 0 Å². The van der Waals surface area contributed by atoms with Crippen molar-refractivity contribution < 1.29 is 9.32 Å². The van der Waals surface area contributed by atoms with Crippen LogP contribution >= 0.6 is 0 Å². The fourth-order valence-corrected chi connectivity index (χ4v) is 1.78. The second kappa shape index (κ2) is 4.02. The van der Waals surface area contributed by atoms with Crippen molar-refractivity contribution in [1.29, 1.82) is 0 Å². The van der Waals surface area contributed by atoms with E-state index in [1.54, 1.807) is 17.9 Å². The SMILES string of the molecule is Cc1cc(C(=O)N(C)C2CCNC2)no1. The zero-order chi connectivity index (χ0) is 10.8. The molecule has 0 saturated carbocycles. The Hall–Kier alpha value is -1.36. The number of aromatic nitrogens is 1. The van der Waals surface area contributed by atoms with Gasteiger partial charge in [-0.2, -0.15) is 0 Å². The predicted molar refractivity (Wildman–Crippen MR) is 54.6 cm³/mol. The number of carbonyl (C=O) groups excluding carboxylic acids is 1. The summed E-state index contributed by atoms with van der Waals surface area (Å²) >= 11 is 0. The number of nitrogens with one attached hydrogen (secondary N) is 1. The van der Waals surface area contributed by atoms with E-state index in [9.17, 15) is 4.79 Å². The Balaban J connectivity index is 2.06. The lowest BCUT2D eigenvalue weighted by molar-refractivity contribution is 0.0733. The molecule has 1 fully saturated rings. The minimum absolute atomic E-state index is 0.0689. The third kappa shape index (κ3) is 2.02. The molecule has 1 aliphatic rings. The summed E-state index contributed by atoms with van der Waals surface area (Å²) in [6.45, 7) is 3.61. The summed E-state index contributed by atoms with van der Waals surface area (Å²) in [6.07, 6.45) is 0.999. The topological polar surface area (TPSA) is 58.4 Å². The zero-order valence-electron chi connectivity index (χ0n) is 8.99. The van der Waals surface area contributed by atoms with Crippen LogP contribution in [0.4, 0.5) is 0 Å². The highest BCUT2D eigenvalue weighted by atomic mass is 16.5. The Morgan fingerprint density at radius 3 is 3.07 bits per heavy atom. The molecule has 0 spiro atoms. The van der Waals surface area contributed by atoms with Crippen LogP contribution in [0.25, 0.3) is 0 Å². The second-order valence-corrected chi connectivity index (χ2v) is 3.89. The molecule has 2 heterocycles. The van der Waals surface area contributed by atoms with Gasteiger partial charge in [0.05, 0.1) is 0 Å². The molecule has 0 bridgehead atoms. The van der Waals surface area contributed by atoms with Gasteiger partial charge in [0, 0.05) is 25.7 Å². The first-order chi connectivity index (χ1) is 7.18. The summed E-state index contributed by atoms with van der Waals surface area (Å²) in [5, 5.41) is 6.95. The predicted octanol–water partition coefficient (Wildman–Crippen LogP) is 0.417. The van der Waals surface area contributed by atoms with Gasteiger partial charge < -0.3 is 14.7 Å². The molecule has 1 aliphatic heterocycles. The van der Waals surface area contributed by atoms with E-state index < -0.39 is 0 Å². The van der Waals surface area contributed by atoms with E-state index in [-0.39, 0.29) is 11.9 Å². The lowest BCUT2D eigenvalue weighted by Crippen LogP contribution is -2.38. The molecule has 1 N–H and O–H groups in total. The number of amides is 1. The summed E-state index contributed by atoms with van der Waals surface area (Å²) in [5.41, 5.74) is 0.391. The van der Waals surface area contributed by atoms with Gasteiger partial charge in [0.15, 0.2) is 5.69 Å². The summed E-state index contributed by atoms with van der Waals surface area (Å²) < 4.78 is 4.89. The van der Waals surface area contributed by atoms with Crippen LogP contribution in [0.2, 0.25) is 0 Å². The number of nitrogens with zero attached hydrogens (tertiary/aromatic N) is 2. The van der Waals surface area contributed by atoms with Crippen molar-refractivity contribution >= 4 is 5.91 Å². The van der Waals surface area contributed by atoms with E-state index in [1.807, 2.05) is 7.05 Å². The molecule has 82 valence electrons. The number of carbonyl (C=O) groups is 1. The molecule has 1 unspecified atom stereocenters. The summed E-state index contributed by atoms with van der Waals surface area (Å²) in [7, 11) is 1.81. The maximum absolute atomic E-state index is 11.9. The van der Waals surface area contributed by atoms with E-state index >= 15 is 0 Å². The Morgan fingerprint density at radius 2 is 2.53 bits per heavy atom. The molecule has 5 nitrogen and oxygen atoms in total. The molecule has 1 aromatic heterocycles. The fourth-order valence-electron chi connectivity index (χ4n) is 1.78. The Labute approximate surface area is 88.4 Å². The highest BCUT2D eigenvalue weighted by Gasteiger charge is 2.25. The average Bonchev–Trinajstić information content (AvgIpc) is 2.85. The number of hydrogen-bond donors (Lipinski definition) is 1. The smallest absolute Gasteiger partial charge is 0.276 e. The van der Waals surface area contributed by atoms with Gasteiger partial charge in [0.1, 0.15) is 5.76 Å². The first kappa shape index (κ1) is 10.2. The van der Waals surface area contributed by atoms with Crippen molar-refractivity contribution in [2.75, 3.05) is 20.1 Å². The average molecular weight is 209 g/mol. The van der Waals surface area contributed by atoms with E-state index in [4.69, 9.17) is 4.52 Å². The van der Waals surface area contributed by atoms with Gasteiger partial charge in [-0.1, -0.05) is 5.16 Å². The third-order valence-electron chi connectivity index (χ3n) is 2.75. The largest absolute Gasteiger partial charge is 0.361 e. The summed E-state index contributed by atoms with van der Waals surface area (Å²) in [5.74, 6) is 0.594. The molecular formula is C10H15N3O2. The van der Waals surface area contributed by atoms with Gasteiger partial charge in [0.25, 0.3) is 5.91 Å². The van der Waals surface area contributed by atoms with Crippen LogP contribution in [0.3, 0.4) is 0 Å². The zero-order valence-corrected chi connectivity index (χ0v) is 8.99. The van der Waals surface area contributed by atoms with Crippen LogP contribution in [0.5, 0.6) is 0 Å². The van der Waals surface area contributed by atoms with Crippen LogP contribution < -0.4 is 5.32 Å². The van der Waals surface area contributed by atoms with Gasteiger partial charge in [-0.15, -0.1) is 0 Å². The summed E-state index contributed by atoms with van der Waals surface area (Å²) in [6, 6.07) is 1.94. The molecule has 1 aromatic rings. The first-order valence-corrected chi connectivity index (χ1v) is 5.09. The number of hydrogen-bond acceptors (Lipinski definition) is 4. The standard InChI is InChI=1S/C10H15N3O2/c1-7-5-9(12-15-7)10(14)13(2)8-3-4-11-6-8/h5,8,11H,3-4,6H2,1-2H3. The van der Waals surface area contributed by atoms with Crippen molar-refractivity contribution in [1.82, 2.24) is 15.4 Å². The normalized spacial score (nSPS) is 20.5. The van der Waals surface area contributed by atoms with Gasteiger partial charge >= 0.3 is 0 Å². The Morgan fingerprint density at radius 1 is 1.73 bits per heavy atom. The molecule has 1 amide bonds. The van der Waals surface area contributed by atoms with Crippen molar-refractivity contribution in [3.63, 3.8) is 0 Å². The molecule has 1 saturated heterocycles. The molecule has 2 rings (SSSR count). The Kier molecular flexibility index (Phi) is 2.73. The lowest BCUT2D eigenvalue weighted by atomic mass is 10.2. The van der Waals surface area contributed by atoms with Crippen LogP contribution in [0, 0.1) is 6.92 Å². The van der Waals surface area contributed by atoms with Crippen LogP contribution in [0.15, 0.2) is 10.6 Å². The lowest BCUT2D eigenvalue weighted by Gasteiger charge is -2.22. The van der Waals surface area contributed by atoms with Gasteiger partial charge in [-0.3, -0.25) is 4.79 Å². The number of likely N-dealkylation sites (N-methyl/N-ethyl adjacent to an activating group) is 1.